The molecule has 0 aliphatic carbocycles. The molecule has 0 amide bonds. The molecule has 41 heavy (non-hydrogen) atoms. The average Bonchev–Trinajstić information content (AvgIpc) is 3.59. The molecule has 0 saturated heterocycles. The first-order valence-corrected chi connectivity index (χ1v) is 13.2. The fourth-order valence-electron chi connectivity index (χ4n) is 4.22. The number of benzene rings is 1. The molecule has 0 radical (unpaired) electrons. The van der Waals surface area contributed by atoms with Crippen molar-refractivity contribution in [1.29, 1.82) is 0 Å². The van der Waals surface area contributed by atoms with Gasteiger partial charge in [0.2, 0.25) is 5.88 Å². The zero-order valence-electron chi connectivity index (χ0n) is 22.0. The van der Waals surface area contributed by atoms with Gasteiger partial charge in [-0.15, -0.1) is 11.3 Å². The monoisotopic (exact) mass is 581 g/mol. The number of nitrogens with zero attached hydrogens (tertiary/aromatic N) is 4. The second-order valence-electron chi connectivity index (χ2n) is 9.36. The van der Waals surface area contributed by atoms with Crippen LogP contribution in [0.15, 0.2) is 58.2 Å². The quantitative estimate of drug-likeness (QED) is 0.253. The van der Waals surface area contributed by atoms with Gasteiger partial charge in [-0.2, -0.15) is 0 Å². The van der Waals surface area contributed by atoms with Crippen LogP contribution in [0.25, 0.3) is 21.3 Å². The second kappa shape index (κ2) is 11.4. The lowest BCUT2D eigenvalue weighted by molar-refractivity contribution is -0.108. The summed E-state index contributed by atoms with van der Waals surface area (Å²) in [6.45, 7) is 2.45. The molecule has 11 nitrogen and oxygen atoms in total. The number of carbonyl (C=O) groups excluding carboxylic acids is 1. The molecule has 0 spiro atoms. The van der Waals surface area contributed by atoms with Crippen molar-refractivity contribution in [2.75, 3.05) is 24.7 Å². The Hall–Kier alpha value is -4.69. The molecular formula is C27H25F2N7O4S. The average molecular weight is 582 g/mol. The van der Waals surface area contributed by atoms with Gasteiger partial charge < -0.3 is 30.4 Å². The van der Waals surface area contributed by atoms with E-state index in [9.17, 15) is 18.4 Å². The van der Waals surface area contributed by atoms with Crippen LogP contribution >= 0.6 is 11.3 Å². The smallest absolute Gasteiger partial charge is 0.281 e. The third-order valence-electron chi connectivity index (χ3n) is 6.27. The molecule has 0 fully saturated rings. The number of aldehydes is 1. The van der Waals surface area contributed by atoms with Crippen LogP contribution in [0.5, 0.6) is 5.88 Å². The molecule has 1 aromatic carbocycles. The minimum absolute atomic E-state index is 0.0241. The van der Waals surface area contributed by atoms with Crippen molar-refractivity contribution in [1.82, 2.24) is 25.0 Å². The summed E-state index contributed by atoms with van der Waals surface area (Å²) in [6.07, 6.45) is 3.61. The van der Waals surface area contributed by atoms with Crippen molar-refractivity contribution in [3.8, 4) is 17.1 Å². The maximum absolute atomic E-state index is 14.0. The number of aromatic nitrogens is 4. The van der Waals surface area contributed by atoms with E-state index in [-0.39, 0.29) is 41.7 Å². The number of nitrogens with one attached hydrogen (secondary N) is 2. The number of nitrogens with two attached hydrogens (primary N) is 1. The molecule has 6 rings (SSSR count). The maximum Gasteiger partial charge on any atom is 0.281 e. The van der Waals surface area contributed by atoms with Gasteiger partial charge in [0.25, 0.3) is 5.56 Å². The van der Waals surface area contributed by atoms with Crippen molar-refractivity contribution in [2.45, 2.75) is 25.6 Å². The number of rotatable bonds is 6. The van der Waals surface area contributed by atoms with Crippen LogP contribution in [0.1, 0.15) is 17.6 Å². The Morgan fingerprint density at radius 2 is 2.02 bits per heavy atom. The van der Waals surface area contributed by atoms with Crippen molar-refractivity contribution in [3.63, 3.8) is 0 Å². The molecule has 5 heterocycles. The Kier molecular flexibility index (Phi) is 7.77. The van der Waals surface area contributed by atoms with Gasteiger partial charge in [0, 0.05) is 33.8 Å². The van der Waals surface area contributed by atoms with Crippen LogP contribution in [0.2, 0.25) is 0 Å². The fourth-order valence-corrected chi connectivity index (χ4v) is 5.31. The summed E-state index contributed by atoms with van der Waals surface area (Å²) in [6, 6.07) is 8.92. The highest BCUT2D eigenvalue weighted by atomic mass is 32.1. The Balaban J connectivity index is 0.000000216. The van der Waals surface area contributed by atoms with Crippen LogP contribution in [0.4, 0.5) is 20.3 Å². The molecule has 1 unspecified atom stereocenters. The molecule has 14 heteroatoms. The van der Waals surface area contributed by atoms with Gasteiger partial charge in [-0.3, -0.25) is 9.36 Å². The van der Waals surface area contributed by atoms with E-state index in [1.807, 2.05) is 19.3 Å². The summed E-state index contributed by atoms with van der Waals surface area (Å²) in [5, 5.41) is 11.0. The molecule has 0 bridgehead atoms. The fraction of sp³-hybridized carbons (Fsp3) is 0.222. The van der Waals surface area contributed by atoms with Crippen LogP contribution in [-0.2, 0) is 23.4 Å². The van der Waals surface area contributed by atoms with Gasteiger partial charge in [-0.05, 0) is 38.2 Å². The summed E-state index contributed by atoms with van der Waals surface area (Å²) in [5.41, 5.74) is 3.75. The summed E-state index contributed by atoms with van der Waals surface area (Å²) in [5.74, 6) is -0.663. The van der Waals surface area contributed by atoms with Gasteiger partial charge in [-0.1, -0.05) is 11.2 Å². The number of hydrogen-bond acceptors (Lipinski definition) is 11. The molecule has 1 aliphatic heterocycles. The number of hydrogen-bond donors (Lipinski definition) is 3. The summed E-state index contributed by atoms with van der Waals surface area (Å²) < 4.78 is 41.2. The number of fused-ring (bicyclic) bond motifs is 2. The minimum Gasteiger partial charge on any atom is -0.473 e. The molecule has 212 valence electrons. The first-order chi connectivity index (χ1) is 19.7. The Morgan fingerprint density at radius 3 is 2.76 bits per heavy atom. The van der Waals surface area contributed by atoms with E-state index in [4.69, 9.17) is 15.0 Å². The number of thiophene rings is 1. The predicted molar refractivity (Wildman–Crippen MR) is 150 cm³/mol. The first kappa shape index (κ1) is 27.9. The number of pyridine rings is 1. The van der Waals surface area contributed by atoms with Crippen LogP contribution in [0, 0.1) is 11.6 Å². The zero-order valence-corrected chi connectivity index (χ0v) is 22.8. The lowest BCUT2D eigenvalue weighted by Gasteiger charge is -2.33. The highest BCUT2D eigenvalue weighted by Gasteiger charge is 2.39. The van der Waals surface area contributed by atoms with Crippen LogP contribution in [-0.4, -0.2) is 39.6 Å². The topological polar surface area (TPSA) is 150 Å². The van der Waals surface area contributed by atoms with E-state index in [1.54, 1.807) is 18.3 Å². The molecule has 5 aromatic rings. The Labute approximate surface area is 236 Å². The van der Waals surface area contributed by atoms with Crippen LogP contribution in [0.3, 0.4) is 0 Å². The lowest BCUT2D eigenvalue weighted by atomic mass is 9.97. The van der Waals surface area contributed by atoms with E-state index >= 15 is 0 Å². The van der Waals surface area contributed by atoms with E-state index < -0.39 is 22.7 Å². The first-order valence-electron chi connectivity index (χ1n) is 12.4. The SMILES string of the molecule is CC1(c2cc(-c3c(F)cccc3F)no2)COc2ncn(CC=O)c(=O)c2N1.CNCc1cc2cnc(N)cc2s1. The summed E-state index contributed by atoms with van der Waals surface area (Å²) >= 11 is 1.75. The minimum atomic E-state index is -1.05. The molecule has 1 atom stereocenters. The Bertz CT molecular complexity index is 1770. The van der Waals surface area contributed by atoms with Gasteiger partial charge in [0.15, 0.2) is 11.4 Å². The Morgan fingerprint density at radius 1 is 1.24 bits per heavy atom. The molecule has 0 saturated carbocycles. The zero-order chi connectivity index (χ0) is 29.1. The van der Waals surface area contributed by atoms with Crippen molar-refractivity contribution >= 4 is 39.2 Å². The third kappa shape index (κ3) is 5.64. The standard InChI is InChI=1S/C18H14F2N4O4.C9H11N3S/c1-18(8-27-16-15(22-18)17(26)24(5-6-25)9-21-16)13-7-12(23-28-13)14-10(19)3-2-4-11(14)20;1-11-5-7-2-6-4-12-9(10)3-8(6)13-7/h2-4,6-7,9,22H,5,8H2,1H3;2-4,11H,5H2,1H3,(H2,10,12). The van der Waals surface area contributed by atoms with E-state index in [0.717, 1.165) is 23.2 Å². The van der Waals surface area contributed by atoms with Crippen molar-refractivity contribution in [3.05, 3.63) is 81.5 Å². The van der Waals surface area contributed by atoms with Gasteiger partial charge in [-0.25, -0.2) is 18.7 Å². The molecule has 4 N–H and O–H groups in total. The highest BCUT2D eigenvalue weighted by molar-refractivity contribution is 7.19. The molecule has 1 aliphatic rings. The van der Waals surface area contributed by atoms with Gasteiger partial charge in [0.1, 0.15) is 47.9 Å². The second-order valence-corrected chi connectivity index (χ2v) is 10.5. The van der Waals surface area contributed by atoms with E-state index in [2.05, 4.69) is 31.8 Å². The summed E-state index contributed by atoms with van der Waals surface area (Å²) in [4.78, 5) is 32.6. The number of ether oxygens (including phenoxy) is 1. The largest absolute Gasteiger partial charge is 0.473 e. The number of halogens is 2. The number of anilines is 2. The highest BCUT2D eigenvalue weighted by Crippen LogP contribution is 2.36. The van der Waals surface area contributed by atoms with Gasteiger partial charge >= 0.3 is 0 Å². The molecule has 4 aromatic heterocycles. The lowest BCUT2D eigenvalue weighted by Crippen LogP contribution is -2.44. The van der Waals surface area contributed by atoms with E-state index in [0.29, 0.717) is 12.1 Å². The van der Waals surface area contributed by atoms with Crippen LogP contribution < -0.4 is 26.7 Å². The third-order valence-corrected chi connectivity index (χ3v) is 7.37. The van der Waals surface area contributed by atoms with Gasteiger partial charge in [0.05, 0.1) is 12.1 Å². The molecular weight excluding hydrogens is 556 g/mol. The van der Waals surface area contributed by atoms with E-state index in [1.165, 1.54) is 33.4 Å². The number of nitrogen functional groups attached to an aromatic ring is 1. The van der Waals surface area contributed by atoms with Crippen molar-refractivity contribution in [2.24, 2.45) is 0 Å². The maximum atomic E-state index is 14.0. The van der Waals surface area contributed by atoms with Crippen molar-refractivity contribution < 1.29 is 22.8 Å². The predicted octanol–water partition coefficient (Wildman–Crippen LogP) is 3.69. The number of carbonyl (C=O) groups is 1. The normalized spacial score (nSPS) is 15.8. The summed E-state index contributed by atoms with van der Waals surface area (Å²) in [7, 11) is 1.94.